The predicted molar refractivity (Wildman–Crippen MR) is 95.4 cm³/mol. The van der Waals surface area contributed by atoms with E-state index in [-0.39, 0.29) is 5.75 Å². The quantitative estimate of drug-likeness (QED) is 0.600. The number of nitrogens with zero attached hydrogens (tertiary/aromatic N) is 1. The zero-order valence-electron chi connectivity index (χ0n) is 14.1. The number of ether oxygens (including phenoxy) is 1. The van der Waals surface area contributed by atoms with E-state index >= 15 is 0 Å². The molecular weight excluding hydrogens is 376 g/mol. The van der Waals surface area contributed by atoms with Crippen molar-refractivity contribution in [3.05, 3.63) is 28.2 Å². The third kappa shape index (κ3) is 4.48. The molecule has 0 unspecified atom stereocenters. The van der Waals surface area contributed by atoms with Gasteiger partial charge in [-0.3, -0.25) is 0 Å². The highest BCUT2D eigenvalue weighted by Gasteiger charge is 2.35. The summed E-state index contributed by atoms with van der Waals surface area (Å²) in [5.74, 6) is -1.57. The standard InChI is InChI=1S/C19H26BrF2NO/c20-15-12-16(21)18(17(22)13-15)24-11-5-10-23-9-4-8-19(14-23)6-2-1-3-7-19/h12-13H,1-11,14H2. The maximum atomic E-state index is 13.7. The zero-order valence-corrected chi connectivity index (χ0v) is 15.7. The molecule has 134 valence electrons. The molecule has 1 aromatic rings. The van der Waals surface area contributed by atoms with Crippen molar-refractivity contribution in [2.75, 3.05) is 26.2 Å². The molecule has 0 amide bonds. The van der Waals surface area contributed by atoms with Gasteiger partial charge in [-0.1, -0.05) is 35.2 Å². The van der Waals surface area contributed by atoms with Crippen LogP contribution in [0.25, 0.3) is 0 Å². The summed E-state index contributed by atoms with van der Waals surface area (Å²) in [4.78, 5) is 2.52. The lowest BCUT2D eigenvalue weighted by molar-refractivity contribution is 0.0508. The molecule has 1 saturated heterocycles. The summed E-state index contributed by atoms with van der Waals surface area (Å²) in [6.45, 7) is 3.62. The van der Waals surface area contributed by atoms with E-state index in [0.29, 0.717) is 16.5 Å². The number of rotatable bonds is 5. The first-order valence-electron chi connectivity index (χ1n) is 9.08. The molecule has 2 fully saturated rings. The Balaban J connectivity index is 1.45. The third-order valence-electron chi connectivity index (χ3n) is 5.48. The summed E-state index contributed by atoms with van der Waals surface area (Å²) >= 11 is 3.07. The average molecular weight is 402 g/mol. The Morgan fingerprint density at radius 2 is 1.71 bits per heavy atom. The van der Waals surface area contributed by atoms with Gasteiger partial charge < -0.3 is 9.64 Å². The number of piperidine rings is 1. The predicted octanol–water partition coefficient (Wildman–Crippen LogP) is 5.54. The highest BCUT2D eigenvalue weighted by molar-refractivity contribution is 9.10. The number of halogens is 3. The van der Waals surface area contributed by atoms with Crippen molar-refractivity contribution in [3.8, 4) is 5.75 Å². The highest BCUT2D eigenvalue weighted by atomic mass is 79.9. The Kier molecular flexibility index (Phi) is 6.14. The first kappa shape index (κ1) is 18.1. The molecule has 3 rings (SSSR count). The average Bonchev–Trinajstić information content (AvgIpc) is 2.54. The van der Waals surface area contributed by atoms with Gasteiger partial charge in [0.2, 0.25) is 0 Å². The van der Waals surface area contributed by atoms with Gasteiger partial charge in [-0.15, -0.1) is 0 Å². The van der Waals surface area contributed by atoms with Crippen molar-refractivity contribution in [2.45, 2.75) is 51.4 Å². The minimum absolute atomic E-state index is 0.263. The van der Waals surface area contributed by atoms with E-state index in [1.165, 1.54) is 63.6 Å². The summed E-state index contributed by atoms with van der Waals surface area (Å²) in [5, 5.41) is 0. The Hall–Kier alpha value is -0.680. The van der Waals surface area contributed by atoms with E-state index in [1.54, 1.807) is 0 Å². The molecule has 0 bridgehead atoms. The van der Waals surface area contributed by atoms with Gasteiger partial charge in [0.15, 0.2) is 17.4 Å². The zero-order chi connectivity index (χ0) is 17.0. The number of hydrogen-bond acceptors (Lipinski definition) is 2. The lowest BCUT2D eigenvalue weighted by atomic mass is 9.69. The van der Waals surface area contributed by atoms with Gasteiger partial charge in [-0.05, 0) is 56.2 Å². The van der Waals surface area contributed by atoms with Crippen LogP contribution in [0.2, 0.25) is 0 Å². The van der Waals surface area contributed by atoms with E-state index in [9.17, 15) is 8.78 Å². The Morgan fingerprint density at radius 1 is 1.04 bits per heavy atom. The Morgan fingerprint density at radius 3 is 2.42 bits per heavy atom. The van der Waals surface area contributed by atoms with Crippen LogP contribution in [0.3, 0.4) is 0 Å². The van der Waals surface area contributed by atoms with Crippen molar-refractivity contribution in [3.63, 3.8) is 0 Å². The summed E-state index contributed by atoms with van der Waals surface area (Å²) in [6.07, 6.45) is 10.3. The molecular formula is C19H26BrF2NO. The third-order valence-corrected chi connectivity index (χ3v) is 5.94. The second-order valence-corrected chi connectivity index (χ2v) is 8.26. The van der Waals surface area contributed by atoms with Crippen LogP contribution in [0.5, 0.6) is 5.75 Å². The monoisotopic (exact) mass is 401 g/mol. The molecule has 0 aromatic heterocycles. The van der Waals surface area contributed by atoms with Crippen LogP contribution >= 0.6 is 15.9 Å². The van der Waals surface area contributed by atoms with E-state index in [2.05, 4.69) is 20.8 Å². The fourth-order valence-corrected chi connectivity index (χ4v) is 4.74. The molecule has 2 nitrogen and oxygen atoms in total. The summed E-state index contributed by atoms with van der Waals surface area (Å²) in [6, 6.07) is 2.46. The van der Waals surface area contributed by atoms with Gasteiger partial charge in [0.25, 0.3) is 0 Å². The molecule has 0 atom stereocenters. The Labute approximate surface area is 151 Å². The van der Waals surface area contributed by atoms with Gasteiger partial charge in [0.1, 0.15) is 0 Å². The maximum Gasteiger partial charge on any atom is 0.190 e. The lowest BCUT2D eigenvalue weighted by Gasteiger charge is -2.45. The molecule has 0 N–H and O–H groups in total. The highest BCUT2D eigenvalue weighted by Crippen LogP contribution is 2.43. The molecule has 5 heteroatoms. The van der Waals surface area contributed by atoms with Crippen molar-refractivity contribution < 1.29 is 13.5 Å². The molecule has 1 heterocycles. The maximum absolute atomic E-state index is 13.7. The fourth-order valence-electron chi connectivity index (χ4n) is 4.34. The largest absolute Gasteiger partial charge is 0.488 e. The summed E-state index contributed by atoms with van der Waals surface area (Å²) in [7, 11) is 0. The molecule has 1 saturated carbocycles. The molecule has 1 aliphatic carbocycles. The summed E-state index contributed by atoms with van der Waals surface area (Å²) in [5.41, 5.74) is 0.543. The minimum atomic E-state index is -0.652. The molecule has 2 aliphatic rings. The van der Waals surface area contributed by atoms with Gasteiger partial charge in [-0.2, -0.15) is 0 Å². The van der Waals surface area contributed by atoms with Gasteiger partial charge >= 0.3 is 0 Å². The van der Waals surface area contributed by atoms with E-state index in [4.69, 9.17) is 4.74 Å². The van der Waals surface area contributed by atoms with E-state index < -0.39 is 11.6 Å². The van der Waals surface area contributed by atoms with E-state index in [0.717, 1.165) is 19.5 Å². The van der Waals surface area contributed by atoms with Crippen molar-refractivity contribution in [1.29, 1.82) is 0 Å². The normalized spacial score (nSPS) is 21.1. The number of benzene rings is 1. The first-order chi connectivity index (χ1) is 11.6. The van der Waals surface area contributed by atoms with Gasteiger partial charge in [-0.25, -0.2) is 8.78 Å². The van der Waals surface area contributed by atoms with Crippen LogP contribution < -0.4 is 4.74 Å². The molecule has 1 aromatic carbocycles. The smallest absolute Gasteiger partial charge is 0.190 e. The second-order valence-electron chi connectivity index (χ2n) is 7.34. The van der Waals surface area contributed by atoms with Crippen LogP contribution in [-0.2, 0) is 0 Å². The number of hydrogen-bond donors (Lipinski definition) is 0. The molecule has 1 spiro atoms. The van der Waals surface area contributed by atoms with Crippen LogP contribution in [-0.4, -0.2) is 31.1 Å². The van der Waals surface area contributed by atoms with Crippen molar-refractivity contribution in [1.82, 2.24) is 4.90 Å². The van der Waals surface area contributed by atoms with Crippen LogP contribution in [0, 0.1) is 17.0 Å². The fraction of sp³-hybridized carbons (Fsp3) is 0.684. The van der Waals surface area contributed by atoms with Gasteiger partial charge in [0, 0.05) is 17.6 Å². The Bertz CT molecular complexity index is 532. The van der Waals surface area contributed by atoms with Crippen molar-refractivity contribution in [2.24, 2.45) is 5.41 Å². The first-order valence-corrected chi connectivity index (χ1v) is 9.87. The molecule has 1 aliphatic heterocycles. The van der Waals surface area contributed by atoms with Crippen molar-refractivity contribution >= 4 is 15.9 Å². The van der Waals surface area contributed by atoms with Crippen LogP contribution in [0.15, 0.2) is 16.6 Å². The summed E-state index contributed by atoms with van der Waals surface area (Å²) < 4.78 is 33.2. The minimum Gasteiger partial charge on any atom is -0.488 e. The second kappa shape index (κ2) is 8.13. The molecule has 24 heavy (non-hydrogen) atoms. The van der Waals surface area contributed by atoms with Crippen LogP contribution in [0.1, 0.15) is 51.4 Å². The SMILES string of the molecule is Fc1cc(Br)cc(F)c1OCCCN1CCCC2(CCCCC2)C1. The van der Waals surface area contributed by atoms with Gasteiger partial charge in [0.05, 0.1) is 6.61 Å². The topological polar surface area (TPSA) is 12.5 Å². The lowest BCUT2D eigenvalue weighted by Crippen LogP contribution is -2.44. The number of likely N-dealkylation sites (tertiary alicyclic amines) is 1. The molecule has 0 radical (unpaired) electrons. The van der Waals surface area contributed by atoms with E-state index in [1.807, 2.05) is 0 Å². The van der Waals surface area contributed by atoms with Crippen LogP contribution in [0.4, 0.5) is 8.78 Å².